The van der Waals surface area contributed by atoms with Crippen LogP contribution in [-0.4, -0.2) is 31.7 Å². The minimum Gasteiger partial charge on any atom is -0.246 e. The maximum absolute atomic E-state index is 12.8. The van der Waals surface area contributed by atoms with Crippen LogP contribution in [0.1, 0.15) is 22.6 Å². The van der Waals surface area contributed by atoms with Gasteiger partial charge in [0, 0.05) is 10.9 Å². The standard InChI is InChI=1S/C23H17ClF3N3O3S/c24-18-10-6-16(7-11-18)21-20(15-4-2-1-3-5-15)14-30(28-21)22(31)29-34(32,33)19-12-8-17(9-13-19)23(25,26)27/h1-13,20H,14H2,(H,29,31)/t20-/m1/s1. The number of amides is 2. The smallest absolute Gasteiger partial charge is 0.246 e. The third-order valence-electron chi connectivity index (χ3n) is 5.20. The topological polar surface area (TPSA) is 78.8 Å². The fourth-order valence-corrected chi connectivity index (χ4v) is 4.58. The molecule has 176 valence electrons. The number of hydrogen-bond acceptors (Lipinski definition) is 4. The van der Waals surface area contributed by atoms with Crippen molar-refractivity contribution in [3.05, 3.63) is 101 Å². The van der Waals surface area contributed by atoms with Crippen LogP contribution in [0.4, 0.5) is 18.0 Å². The fourth-order valence-electron chi connectivity index (χ4n) is 3.51. The summed E-state index contributed by atoms with van der Waals surface area (Å²) in [5, 5.41) is 5.86. The van der Waals surface area contributed by atoms with E-state index in [0.717, 1.165) is 22.7 Å². The molecule has 3 aromatic rings. The maximum atomic E-state index is 12.8. The Morgan fingerprint density at radius 1 is 0.971 bits per heavy atom. The Hall–Kier alpha value is -3.37. The Balaban J connectivity index is 1.59. The number of hydrazone groups is 1. The molecular weight excluding hydrogens is 491 g/mol. The van der Waals surface area contributed by atoms with Crippen LogP contribution in [0.5, 0.6) is 0 Å². The van der Waals surface area contributed by atoms with E-state index in [9.17, 15) is 26.4 Å². The van der Waals surface area contributed by atoms with Crippen LogP contribution in [0.3, 0.4) is 0 Å². The molecule has 1 atom stereocenters. The van der Waals surface area contributed by atoms with Crippen LogP contribution in [0.25, 0.3) is 0 Å². The van der Waals surface area contributed by atoms with E-state index < -0.39 is 32.7 Å². The summed E-state index contributed by atoms with van der Waals surface area (Å²) in [5.41, 5.74) is 1.13. The lowest BCUT2D eigenvalue weighted by Crippen LogP contribution is -2.39. The predicted octanol–water partition coefficient (Wildman–Crippen LogP) is 5.26. The summed E-state index contributed by atoms with van der Waals surface area (Å²) < 4.78 is 65.3. The van der Waals surface area contributed by atoms with E-state index in [1.807, 2.05) is 35.1 Å². The molecule has 0 spiro atoms. The van der Waals surface area contributed by atoms with E-state index in [2.05, 4.69) is 5.10 Å². The molecule has 11 heteroatoms. The van der Waals surface area contributed by atoms with Gasteiger partial charge >= 0.3 is 12.2 Å². The third-order valence-corrected chi connectivity index (χ3v) is 6.79. The number of benzene rings is 3. The number of halogens is 4. The lowest BCUT2D eigenvalue weighted by molar-refractivity contribution is -0.137. The molecule has 1 aliphatic rings. The molecule has 1 heterocycles. The Bertz CT molecular complexity index is 1330. The van der Waals surface area contributed by atoms with Crippen molar-refractivity contribution in [3.63, 3.8) is 0 Å². The number of nitrogens with one attached hydrogen (secondary N) is 1. The number of carbonyl (C=O) groups is 1. The first-order chi connectivity index (χ1) is 16.0. The average Bonchev–Trinajstić information content (AvgIpc) is 3.25. The van der Waals surface area contributed by atoms with Crippen molar-refractivity contribution < 1.29 is 26.4 Å². The molecule has 0 saturated carbocycles. The molecule has 0 fully saturated rings. The summed E-state index contributed by atoms with van der Waals surface area (Å²) in [7, 11) is -4.42. The second-order valence-corrected chi connectivity index (χ2v) is 9.59. The van der Waals surface area contributed by atoms with Gasteiger partial charge < -0.3 is 0 Å². The molecule has 0 aliphatic carbocycles. The van der Waals surface area contributed by atoms with Gasteiger partial charge in [0.1, 0.15) is 0 Å². The monoisotopic (exact) mass is 507 g/mol. The Kier molecular flexibility index (Phi) is 6.37. The first-order valence-electron chi connectivity index (χ1n) is 9.95. The van der Waals surface area contributed by atoms with Gasteiger partial charge in [0.05, 0.1) is 22.7 Å². The lowest BCUT2D eigenvalue weighted by atomic mass is 9.91. The molecule has 1 N–H and O–H groups in total. The quantitative estimate of drug-likeness (QED) is 0.523. The maximum Gasteiger partial charge on any atom is 0.416 e. The van der Waals surface area contributed by atoms with Gasteiger partial charge in [-0.15, -0.1) is 0 Å². The van der Waals surface area contributed by atoms with Crippen LogP contribution in [0.15, 0.2) is 88.9 Å². The normalized spacial score (nSPS) is 16.3. The van der Waals surface area contributed by atoms with Crippen molar-refractivity contribution in [3.8, 4) is 0 Å². The summed E-state index contributed by atoms with van der Waals surface area (Å²) in [6.07, 6.45) is -4.61. The first-order valence-corrected chi connectivity index (χ1v) is 11.8. The Morgan fingerprint density at radius 3 is 2.18 bits per heavy atom. The molecule has 0 bridgehead atoms. The minimum absolute atomic E-state index is 0.0658. The molecule has 0 radical (unpaired) electrons. The first kappa shape index (κ1) is 23.8. The van der Waals surface area contributed by atoms with Crippen molar-refractivity contribution in [2.24, 2.45) is 5.10 Å². The molecule has 0 saturated heterocycles. The van der Waals surface area contributed by atoms with E-state index in [-0.39, 0.29) is 12.5 Å². The van der Waals surface area contributed by atoms with Gasteiger partial charge in [-0.3, -0.25) is 0 Å². The van der Waals surface area contributed by atoms with E-state index in [1.54, 1.807) is 24.3 Å². The number of alkyl halides is 3. The summed E-state index contributed by atoms with van der Waals surface area (Å²) >= 11 is 5.97. The number of nitrogens with zero attached hydrogens (tertiary/aromatic N) is 2. The van der Waals surface area contributed by atoms with Crippen LogP contribution in [0, 0.1) is 0 Å². The van der Waals surface area contributed by atoms with Gasteiger partial charge in [-0.1, -0.05) is 54.1 Å². The molecule has 34 heavy (non-hydrogen) atoms. The van der Waals surface area contributed by atoms with Gasteiger partial charge in [0.25, 0.3) is 10.0 Å². The molecule has 0 unspecified atom stereocenters. The van der Waals surface area contributed by atoms with E-state index >= 15 is 0 Å². The average molecular weight is 508 g/mol. The van der Waals surface area contributed by atoms with Crippen LogP contribution in [-0.2, 0) is 16.2 Å². The number of sulfonamides is 1. The van der Waals surface area contributed by atoms with Crippen LogP contribution in [0.2, 0.25) is 5.02 Å². The highest BCUT2D eigenvalue weighted by Crippen LogP contribution is 2.31. The Labute approximate surface area is 198 Å². The largest absolute Gasteiger partial charge is 0.416 e. The SMILES string of the molecule is O=C(NS(=O)(=O)c1ccc(C(F)(F)F)cc1)N1C[C@H](c2ccccc2)C(c2ccc(Cl)cc2)=N1. The molecule has 1 aliphatic heterocycles. The molecule has 2 amide bonds. The molecular formula is C23H17ClF3N3O3S. The third kappa shape index (κ3) is 5.07. The summed E-state index contributed by atoms with van der Waals surface area (Å²) in [6.45, 7) is 0.0658. The van der Waals surface area contributed by atoms with Crippen molar-refractivity contribution in [2.45, 2.75) is 17.0 Å². The lowest BCUT2D eigenvalue weighted by Gasteiger charge is -2.16. The van der Waals surface area contributed by atoms with Crippen LogP contribution < -0.4 is 4.72 Å². The van der Waals surface area contributed by atoms with E-state index in [0.29, 0.717) is 28.4 Å². The summed E-state index contributed by atoms with van der Waals surface area (Å²) in [6, 6.07) is 18.0. The van der Waals surface area contributed by atoms with Crippen LogP contribution >= 0.6 is 11.6 Å². The molecule has 4 rings (SSSR count). The fraction of sp³-hybridized carbons (Fsp3) is 0.130. The minimum atomic E-state index is -4.61. The van der Waals surface area contributed by atoms with Crippen molar-refractivity contribution >= 4 is 33.4 Å². The zero-order valence-corrected chi connectivity index (χ0v) is 18.9. The van der Waals surface area contributed by atoms with E-state index in [4.69, 9.17) is 11.6 Å². The summed E-state index contributed by atoms with van der Waals surface area (Å²) in [5.74, 6) is -0.332. The molecule has 3 aromatic carbocycles. The second kappa shape index (κ2) is 9.11. The van der Waals surface area contributed by atoms with Gasteiger partial charge in [0.2, 0.25) is 0 Å². The van der Waals surface area contributed by atoms with Gasteiger partial charge in [-0.05, 0) is 47.5 Å². The predicted molar refractivity (Wildman–Crippen MR) is 121 cm³/mol. The van der Waals surface area contributed by atoms with Crippen molar-refractivity contribution in [1.29, 1.82) is 0 Å². The van der Waals surface area contributed by atoms with Crippen molar-refractivity contribution in [2.75, 3.05) is 6.54 Å². The number of urea groups is 1. The Morgan fingerprint density at radius 2 is 1.59 bits per heavy atom. The highest BCUT2D eigenvalue weighted by molar-refractivity contribution is 7.90. The van der Waals surface area contributed by atoms with Gasteiger partial charge in [0.15, 0.2) is 0 Å². The van der Waals surface area contributed by atoms with E-state index in [1.165, 1.54) is 0 Å². The number of hydrogen-bond donors (Lipinski definition) is 1. The summed E-state index contributed by atoms with van der Waals surface area (Å²) in [4.78, 5) is 12.3. The van der Waals surface area contributed by atoms with Crippen molar-refractivity contribution in [1.82, 2.24) is 9.73 Å². The molecule has 6 nitrogen and oxygen atoms in total. The molecule has 0 aromatic heterocycles. The zero-order valence-electron chi connectivity index (χ0n) is 17.3. The highest BCUT2D eigenvalue weighted by Gasteiger charge is 2.34. The van der Waals surface area contributed by atoms with Gasteiger partial charge in [-0.25, -0.2) is 22.9 Å². The number of carbonyl (C=O) groups excluding carboxylic acids is 1. The number of rotatable bonds is 4. The highest BCUT2D eigenvalue weighted by atomic mass is 35.5. The zero-order chi connectivity index (χ0) is 24.5. The second-order valence-electron chi connectivity index (χ2n) is 7.47. The van der Waals surface area contributed by atoms with Gasteiger partial charge in [-0.2, -0.15) is 18.3 Å².